The van der Waals surface area contributed by atoms with Crippen LogP contribution in [0, 0.1) is 6.92 Å². The maximum absolute atomic E-state index is 12.8. The third-order valence-electron chi connectivity index (χ3n) is 4.65. The Morgan fingerprint density at radius 3 is 2.34 bits per heavy atom. The van der Waals surface area contributed by atoms with Gasteiger partial charge in [0.05, 0.1) is 16.1 Å². The second-order valence-corrected chi connectivity index (χ2v) is 12.0. The Balaban J connectivity index is 2.31. The second kappa shape index (κ2) is 6.72. The zero-order valence-corrected chi connectivity index (χ0v) is 18.9. The number of halogens is 1. The molecule has 0 saturated heterocycles. The van der Waals surface area contributed by atoms with Crippen LogP contribution in [0.4, 0.5) is 5.69 Å². The van der Waals surface area contributed by atoms with Gasteiger partial charge in [-0.05, 0) is 42.2 Å². The number of phenolic OH excluding ortho intramolecular Hbond substituents is 1. The van der Waals surface area contributed by atoms with Gasteiger partial charge < -0.3 is 5.11 Å². The summed E-state index contributed by atoms with van der Waals surface area (Å²) in [6, 6.07) is 5.34. The molecule has 0 atom stereocenters. The Bertz CT molecular complexity index is 1270. The summed E-state index contributed by atoms with van der Waals surface area (Å²) in [5.41, 5.74) is 0.816. The van der Waals surface area contributed by atoms with E-state index < -0.39 is 25.3 Å². The van der Waals surface area contributed by atoms with Crippen molar-refractivity contribution in [3.63, 3.8) is 0 Å². The number of nitrogens with one attached hydrogen (secondary N) is 1. The van der Waals surface area contributed by atoms with Crippen molar-refractivity contribution in [3.8, 4) is 5.75 Å². The Labute approximate surface area is 175 Å². The summed E-state index contributed by atoms with van der Waals surface area (Å²) in [7, 11) is -7.71. The summed E-state index contributed by atoms with van der Waals surface area (Å²) >= 11 is 6.35. The van der Waals surface area contributed by atoms with Crippen molar-refractivity contribution in [2.45, 2.75) is 42.9 Å². The minimum Gasteiger partial charge on any atom is -0.507 e. The molecule has 1 heterocycles. The van der Waals surface area contributed by atoms with E-state index in [-0.39, 0.29) is 32.6 Å². The van der Waals surface area contributed by atoms with E-state index in [1.54, 1.807) is 13.0 Å². The number of sulfone groups is 1. The van der Waals surface area contributed by atoms with Crippen LogP contribution in [0.15, 0.2) is 39.0 Å². The van der Waals surface area contributed by atoms with Crippen LogP contribution < -0.4 is 4.72 Å². The molecule has 1 aliphatic rings. The maximum Gasteiger partial charge on any atom is 0.265 e. The summed E-state index contributed by atoms with van der Waals surface area (Å²) in [5, 5.41) is 11.3. The van der Waals surface area contributed by atoms with Crippen molar-refractivity contribution >= 4 is 43.0 Å². The first-order valence-electron chi connectivity index (χ1n) is 8.61. The number of benzene rings is 2. The number of fused-ring (bicyclic) bond motifs is 1. The highest BCUT2D eigenvalue weighted by Crippen LogP contribution is 2.40. The summed E-state index contributed by atoms with van der Waals surface area (Å²) in [6.45, 7) is 7.34. The van der Waals surface area contributed by atoms with Crippen LogP contribution in [-0.2, 0) is 25.3 Å². The number of rotatable bonds is 2. The smallest absolute Gasteiger partial charge is 0.265 e. The molecular weight excluding hydrogens is 436 g/mol. The molecule has 7 nitrogen and oxygen atoms in total. The number of sulfonamides is 1. The third kappa shape index (κ3) is 3.86. The topological polar surface area (TPSA) is 113 Å². The maximum atomic E-state index is 12.8. The number of hydrogen-bond acceptors (Lipinski definition) is 6. The average Bonchev–Trinajstić information content (AvgIpc) is 2.55. The van der Waals surface area contributed by atoms with E-state index in [1.165, 1.54) is 12.1 Å². The third-order valence-corrected chi connectivity index (χ3v) is 7.52. The fraction of sp³-hybridized carbons (Fsp3) is 0.316. The van der Waals surface area contributed by atoms with E-state index in [9.17, 15) is 21.9 Å². The van der Waals surface area contributed by atoms with Gasteiger partial charge >= 0.3 is 0 Å². The van der Waals surface area contributed by atoms with Gasteiger partial charge in [0.25, 0.3) is 10.0 Å². The second-order valence-electron chi connectivity index (χ2n) is 7.97. The molecule has 0 saturated carbocycles. The average molecular weight is 457 g/mol. The molecule has 0 amide bonds. The lowest BCUT2D eigenvalue weighted by Gasteiger charge is -2.26. The Kier molecular flexibility index (Phi) is 5.00. The van der Waals surface area contributed by atoms with E-state index >= 15 is 0 Å². The lowest BCUT2D eigenvalue weighted by atomic mass is 9.84. The van der Waals surface area contributed by atoms with Crippen molar-refractivity contribution in [1.82, 2.24) is 4.72 Å². The van der Waals surface area contributed by atoms with Gasteiger partial charge in [-0.25, -0.2) is 21.8 Å². The molecule has 156 valence electrons. The quantitative estimate of drug-likeness (QED) is 0.718. The van der Waals surface area contributed by atoms with E-state index in [2.05, 4.69) is 9.71 Å². The summed E-state index contributed by atoms with van der Waals surface area (Å²) in [5.74, 6) is -0.190. The fourth-order valence-electron chi connectivity index (χ4n) is 3.06. The van der Waals surface area contributed by atoms with E-state index in [4.69, 9.17) is 11.6 Å². The normalized spacial score (nSPS) is 16.0. The van der Waals surface area contributed by atoms with E-state index in [0.717, 1.165) is 12.3 Å². The lowest BCUT2D eigenvalue weighted by Crippen LogP contribution is -2.35. The molecule has 2 aromatic carbocycles. The molecular formula is C19H21ClN2O5S2. The number of nitrogens with zero attached hydrogens (tertiary/aromatic N) is 1. The highest BCUT2D eigenvalue weighted by molar-refractivity contribution is 7.91. The van der Waals surface area contributed by atoms with Crippen LogP contribution >= 0.6 is 11.6 Å². The van der Waals surface area contributed by atoms with Crippen molar-refractivity contribution in [1.29, 1.82) is 0 Å². The van der Waals surface area contributed by atoms with Gasteiger partial charge in [0.15, 0.2) is 15.7 Å². The molecule has 0 aromatic heterocycles. The molecule has 0 unspecified atom stereocenters. The standard InChI is InChI=1S/C19H21ClN2O5S2/c1-10-13(20)9-12(19(2,3)4)17(23)16(10)18-21-14-7-6-11(28(5,24)25)8-15(14)29(26,27)22-18/h6-9,23H,1-5H3,(H,21,22). The van der Waals surface area contributed by atoms with Gasteiger partial charge in [0.1, 0.15) is 10.6 Å². The summed E-state index contributed by atoms with van der Waals surface area (Å²) < 4.78 is 51.5. The van der Waals surface area contributed by atoms with Gasteiger partial charge in [0, 0.05) is 16.8 Å². The minimum atomic E-state index is -4.12. The van der Waals surface area contributed by atoms with E-state index in [0.29, 0.717) is 16.1 Å². The fourth-order valence-corrected chi connectivity index (χ4v) is 5.17. The Hall–Kier alpha value is -2.10. The van der Waals surface area contributed by atoms with Gasteiger partial charge in [-0.1, -0.05) is 32.4 Å². The molecule has 2 N–H and O–H groups in total. The van der Waals surface area contributed by atoms with Gasteiger partial charge in [-0.3, -0.25) is 4.72 Å². The highest BCUT2D eigenvalue weighted by Gasteiger charge is 2.32. The number of amidine groups is 1. The van der Waals surface area contributed by atoms with Gasteiger partial charge in [-0.2, -0.15) is 0 Å². The van der Waals surface area contributed by atoms with E-state index in [1.807, 2.05) is 20.8 Å². The van der Waals surface area contributed by atoms with Crippen molar-refractivity contribution in [2.75, 3.05) is 6.26 Å². The van der Waals surface area contributed by atoms with Gasteiger partial charge in [0.2, 0.25) is 0 Å². The number of hydrogen-bond donors (Lipinski definition) is 2. The monoisotopic (exact) mass is 456 g/mol. The minimum absolute atomic E-state index is 0.0715. The Morgan fingerprint density at radius 1 is 1.17 bits per heavy atom. The van der Waals surface area contributed by atoms with Crippen LogP contribution in [0.3, 0.4) is 0 Å². The zero-order valence-electron chi connectivity index (χ0n) is 16.5. The first-order chi connectivity index (χ1) is 13.1. The Morgan fingerprint density at radius 2 is 1.79 bits per heavy atom. The molecule has 0 aliphatic carbocycles. The zero-order chi connectivity index (χ0) is 21.9. The van der Waals surface area contributed by atoms with Crippen molar-refractivity contribution in [2.24, 2.45) is 4.99 Å². The van der Waals surface area contributed by atoms with Crippen LogP contribution in [0.5, 0.6) is 5.75 Å². The summed E-state index contributed by atoms with van der Waals surface area (Å²) in [4.78, 5) is 3.95. The predicted octanol–water partition coefficient (Wildman–Crippen LogP) is 3.43. The largest absolute Gasteiger partial charge is 0.507 e. The molecule has 0 bridgehead atoms. The predicted molar refractivity (Wildman–Crippen MR) is 113 cm³/mol. The molecule has 0 spiro atoms. The molecule has 10 heteroatoms. The van der Waals surface area contributed by atoms with Crippen LogP contribution in [0.1, 0.15) is 37.5 Å². The first-order valence-corrected chi connectivity index (χ1v) is 12.4. The highest BCUT2D eigenvalue weighted by atomic mass is 35.5. The summed E-state index contributed by atoms with van der Waals surface area (Å²) in [6.07, 6.45) is 0.994. The van der Waals surface area contributed by atoms with Crippen LogP contribution in [-0.4, -0.2) is 34.0 Å². The molecule has 0 fully saturated rings. The number of aliphatic imine (C=N–C) groups is 1. The SMILES string of the molecule is Cc1c(Cl)cc(C(C)(C)C)c(O)c1C1=Nc2ccc(S(C)(=O)=O)cc2S(=O)(=O)N1. The molecule has 2 aromatic rings. The number of phenols is 1. The van der Waals surface area contributed by atoms with Crippen LogP contribution in [0.2, 0.25) is 5.02 Å². The lowest BCUT2D eigenvalue weighted by molar-refractivity contribution is 0.445. The molecule has 3 rings (SSSR count). The first kappa shape index (κ1) is 21.6. The molecule has 1 aliphatic heterocycles. The number of aromatic hydroxyl groups is 1. The molecule has 0 radical (unpaired) electrons. The van der Waals surface area contributed by atoms with Crippen molar-refractivity contribution < 1.29 is 21.9 Å². The van der Waals surface area contributed by atoms with Crippen LogP contribution in [0.25, 0.3) is 0 Å². The van der Waals surface area contributed by atoms with Gasteiger partial charge in [-0.15, -0.1) is 0 Å². The molecule has 29 heavy (non-hydrogen) atoms. The van der Waals surface area contributed by atoms with Crippen molar-refractivity contribution in [3.05, 3.63) is 46.0 Å².